The van der Waals surface area contributed by atoms with E-state index in [0.717, 1.165) is 10.0 Å². The Balaban J connectivity index is 2.28. The summed E-state index contributed by atoms with van der Waals surface area (Å²) in [7, 11) is -1.38. The van der Waals surface area contributed by atoms with Crippen LogP contribution in [0.3, 0.4) is 0 Å². The van der Waals surface area contributed by atoms with E-state index in [2.05, 4.69) is 15.9 Å². The number of aromatic carboxylic acids is 1. The van der Waals surface area contributed by atoms with Crippen molar-refractivity contribution < 1.29 is 14.1 Å². The van der Waals surface area contributed by atoms with E-state index in [1.807, 2.05) is 24.3 Å². The van der Waals surface area contributed by atoms with Gasteiger partial charge in [0.1, 0.15) is 0 Å². The maximum Gasteiger partial charge on any atom is 0.336 e. The smallest absolute Gasteiger partial charge is 0.336 e. The topological polar surface area (TPSA) is 54.4 Å². The van der Waals surface area contributed by atoms with Crippen molar-refractivity contribution in [1.29, 1.82) is 0 Å². The Labute approximate surface area is 121 Å². The normalized spacial score (nSPS) is 12.1. The molecule has 3 nitrogen and oxygen atoms in total. The number of carboxylic acids is 1. The molecular weight excluding hydrogens is 328 g/mol. The summed E-state index contributed by atoms with van der Waals surface area (Å²) in [4.78, 5) is 11.4. The summed E-state index contributed by atoms with van der Waals surface area (Å²) in [6.07, 6.45) is 0. The highest BCUT2D eigenvalue weighted by molar-refractivity contribution is 9.10. The van der Waals surface area contributed by atoms with Crippen molar-refractivity contribution in [3.63, 3.8) is 0 Å². The van der Waals surface area contributed by atoms with Gasteiger partial charge in [-0.25, -0.2) is 4.79 Å². The van der Waals surface area contributed by atoms with Gasteiger partial charge in [-0.05, 0) is 29.8 Å². The van der Waals surface area contributed by atoms with Crippen LogP contribution in [-0.4, -0.2) is 15.3 Å². The molecule has 2 aromatic carbocycles. The van der Waals surface area contributed by atoms with Crippen LogP contribution in [0.1, 0.15) is 15.9 Å². The molecule has 1 atom stereocenters. The lowest BCUT2D eigenvalue weighted by atomic mass is 10.2. The Bertz CT molecular complexity index is 640. The second-order valence-corrected chi connectivity index (χ2v) is 6.26. The van der Waals surface area contributed by atoms with E-state index in [0.29, 0.717) is 10.6 Å². The molecule has 0 saturated carbocycles. The van der Waals surface area contributed by atoms with Crippen LogP contribution in [0, 0.1) is 0 Å². The zero-order valence-corrected chi connectivity index (χ0v) is 12.3. The van der Waals surface area contributed by atoms with Gasteiger partial charge in [-0.15, -0.1) is 0 Å². The van der Waals surface area contributed by atoms with Gasteiger partial charge in [-0.3, -0.25) is 4.21 Å². The van der Waals surface area contributed by atoms with Gasteiger partial charge >= 0.3 is 5.97 Å². The molecule has 0 aliphatic rings. The van der Waals surface area contributed by atoms with E-state index in [1.165, 1.54) is 6.07 Å². The monoisotopic (exact) mass is 338 g/mol. The average molecular weight is 339 g/mol. The van der Waals surface area contributed by atoms with E-state index in [4.69, 9.17) is 5.11 Å². The van der Waals surface area contributed by atoms with Crippen LogP contribution in [0.4, 0.5) is 0 Å². The quantitative estimate of drug-likeness (QED) is 0.928. The standard InChI is InChI=1S/C14H11BrO3S/c15-11-5-3-4-10(8-11)9-19(18)13-7-2-1-6-12(13)14(16)17/h1-8H,9H2,(H,16,17). The van der Waals surface area contributed by atoms with Crippen LogP contribution in [0.15, 0.2) is 57.9 Å². The van der Waals surface area contributed by atoms with Gasteiger partial charge in [0.25, 0.3) is 0 Å². The molecule has 19 heavy (non-hydrogen) atoms. The number of carbonyl (C=O) groups is 1. The summed E-state index contributed by atoms with van der Waals surface area (Å²) in [5.41, 5.74) is 0.990. The Hall–Kier alpha value is -1.46. The van der Waals surface area contributed by atoms with Crippen LogP contribution in [0.25, 0.3) is 0 Å². The first-order chi connectivity index (χ1) is 9.08. The predicted octanol–water partition coefficient (Wildman–Crippen LogP) is 3.46. The van der Waals surface area contributed by atoms with Gasteiger partial charge in [0.05, 0.1) is 27.0 Å². The van der Waals surface area contributed by atoms with Crippen molar-refractivity contribution >= 4 is 32.7 Å². The zero-order chi connectivity index (χ0) is 13.8. The second kappa shape index (κ2) is 6.12. The fourth-order valence-corrected chi connectivity index (χ4v) is 3.41. The molecule has 98 valence electrons. The first kappa shape index (κ1) is 14.0. The van der Waals surface area contributed by atoms with Crippen LogP contribution in [0.5, 0.6) is 0 Å². The van der Waals surface area contributed by atoms with Crippen molar-refractivity contribution in [3.8, 4) is 0 Å². The molecule has 0 heterocycles. The molecule has 0 bridgehead atoms. The Kier molecular flexibility index (Phi) is 4.50. The fraction of sp³-hybridized carbons (Fsp3) is 0.0714. The number of halogens is 1. The molecule has 0 aliphatic heterocycles. The van der Waals surface area contributed by atoms with E-state index in [-0.39, 0.29) is 5.56 Å². The van der Waals surface area contributed by atoms with Gasteiger partial charge in [0, 0.05) is 4.47 Å². The molecule has 2 aromatic rings. The minimum absolute atomic E-state index is 0.0934. The molecule has 0 fully saturated rings. The van der Waals surface area contributed by atoms with Crippen molar-refractivity contribution in [2.45, 2.75) is 10.6 Å². The highest BCUT2D eigenvalue weighted by Crippen LogP contribution is 2.19. The van der Waals surface area contributed by atoms with Crippen LogP contribution >= 0.6 is 15.9 Å². The van der Waals surface area contributed by atoms with Gasteiger partial charge in [0.2, 0.25) is 0 Å². The second-order valence-electron chi connectivity index (χ2n) is 3.92. The summed E-state index contributed by atoms with van der Waals surface area (Å²) >= 11 is 3.35. The largest absolute Gasteiger partial charge is 0.478 e. The number of carboxylic acid groups (broad SMARTS) is 1. The van der Waals surface area contributed by atoms with Crippen molar-refractivity contribution in [1.82, 2.24) is 0 Å². The highest BCUT2D eigenvalue weighted by Gasteiger charge is 2.14. The van der Waals surface area contributed by atoms with Gasteiger partial charge in [0.15, 0.2) is 0 Å². The lowest BCUT2D eigenvalue weighted by Gasteiger charge is -2.06. The minimum atomic E-state index is -1.38. The van der Waals surface area contributed by atoms with Crippen molar-refractivity contribution in [2.24, 2.45) is 0 Å². The molecule has 0 saturated heterocycles. The van der Waals surface area contributed by atoms with Crippen molar-refractivity contribution in [3.05, 3.63) is 64.1 Å². The summed E-state index contributed by atoms with van der Waals surface area (Å²) in [6.45, 7) is 0. The number of hydrogen-bond donors (Lipinski definition) is 1. The molecule has 2 rings (SSSR count). The average Bonchev–Trinajstić information content (AvgIpc) is 2.38. The van der Waals surface area contributed by atoms with Gasteiger partial charge in [-0.2, -0.15) is 0 Å². The number of rotatable bonds is 4. The van der Waals surface area contributed by atoms with Crippen LogP contribution in [0.2, 0.25) is 0 Å². The van der Waals surface area contributed by atoms with E-state index >= 15 is 0 Å². The Morgan fingerprint density at radius 3 is 2.58 bits per heavy atom. The van der Waals surface area contributed by atoms with Gasteiger partial charge < -0.3 is 5.11 Å². The van der Waals surface area contributed by atoms with Gasteiger partial charge in [-0.1, -0.05) is 40.2 Å². The molecule has 1 N–H and O–H groups in total. The zero-order valence-electron chi connectivity index (χ0n) is 9.88. The first-order valence-electron chi connectivity index (χ1n) is 5.53. The number of hydrogen-bond acceptors (Lipinski definition) is 2. The molecule has 0 aliphatic carbocycles. The molecule has 1 unspecified atom stereocenters. The maximum atomic E-state index is 12.3. The maximum absolute atomic E-state index is 12.3. The van der Waals surface area contributed by atoms with E-state index < -0.39 is 16.8 Å². The van der Waals surface area contributed by atoms with Crippen molar-refractivity contribution in [2.75, 3.05) is 0 Å². The van der Waals surface area contributed by atoms with Crippen LogP contribution < -0.4 is 0 Å². The van der Waals surface area contributed by atoms with E-state index in [1.54, 1.807) is 18.2 Å². The summed E-state index contributed by atoms with van der Waals surface area (Å²) in [6, 6.07) is 13.9. The summed E-state index contributed by atoms with van der Waals surface area (Å²) < 4.78 is 13.2. The lowest BCUT2D eigenvalue weighted by Crippen LogP contribution is -2.05. The molecule has 0 spiro atoms. The summed E-state index contributed by atoms with van der Waals surface area (Å²) in [5, 5.41) is 9.08. The molecule has 5 heteroatoms. The molecular formula is C14H11BrO3S. The SMILES string of the molecule is O=C(O)c1ccccc1S(=O)Cc1cccc(Br)c1. The van der Waals surface area contributed by atoms with E-state index in [9.17, 15) is 9.00 Å². The number of benzene rings is 2. The lowest BCUT2D eigenvalue weighted by molar-refractivity contribution is 0.0693. The third-order valence-corrected chi connectivity index (χ3v) is 4.48. The molecule has 0 radical (unpaired) electrons. The Morgan fingerprint density at radius 1 is 1.16 bits per heavy atom. The molecule has 0 aromatic heterocycles. The minimum Gasteiger partial charge on any atom is -0.478 e. The first-order valence-corrected chi connectivity index (χ1v) is 7.64. The molecule has 0 amide bonds. The fourth-order valence-electron chi connectivity index (χ4n) is 1.70. The third kappa shape index (κ3) is 3.52. The predicted molar refractivity (Wildman–Crippen MR) is 77.7 cm³/mol. The van der Waals surface area contributed by atoms with Crippen LogP contribution in [-0.2, 0) is 16.6 Å². The highest BCUT2D eigenvalue weighted by atomic mass is 79.9. The third-order valence-electron chi connectivity index (χ3n) is 2.55. The Morgan fingerprint density at radius 2 is 1.89 bits per heavy atom. The summed E-state index contributed by atoms with van der Waals surface area (Å²) in [5.74, 6) is -0.762.